The Kier molecular flexibility index (Phi) is 0.749. The Balaban J connectivity index is 3.12. The molecule has 0 saturated heterocycles. The quantitative estimate of drug-likeness (QED) is 0.419. The molecule has 0 aliphatic carbocycles. The van der Waals surface area contributed by atoms with E-state index < -0.39 is 0 Å². The Morgan fingerprint density at radius 2 is 2.57 bits per heavy atom. The molecule has 3 nitrogen and oxygen atoms in total. The molecule has 0 aliphatic rings. The first kappa shape index (κ1) is 4.18. The summed E-state index contributed by atoms with van der Waals surface area (Å²) in [6.07, 6.45) is 1.79. The molecule has 0 fully saturated rings. The maximum atomic E-state index is 5.37. The highest BCUT2D eigenvalue weighted by molar-refractivity contribution is 5.16. The molecular formula is C4H8N3+. The number of rotatable bonds is 0. The maximum Gasteiger partial charge on any atom is 0.292 e. The molecule has 0 aromatic carbocycles. The number of nitrogen functional groups attached to an aromatic ring is 1. The number of nitrogens with two attached hydrogens (primary N) is 1. The van der Waals surface area contributed by atoms with Crippen molar-refractivity contribution in [3.63, 3.8) is 0 Å². The summed E-state index contributed by atoms with van der Waals surface area (Å²) in [6, 6.07) is 1.81. The third-order valence-electron chi connectivity index (χ3n) is 0.910. The van der Waals surface area contributed by atoms with Gasteiger partial charge in [0, 0.05) is 12.3 Å². The smallest absolute Gasteiger partial charge is 0.285 e. The van der Waals surface area contributed by atoms with Crippen LogP contribution in [0.1, 0.15) is 0 Å². The zero-order chi connectivity index (χ0) is 5.28. The number of hydrogen-bond donors (Lipinski definition) is 2. The zero-order valence-electron chi connectivity index (χ0n) is 4.18. The van der Waals surface area contributed by atoms with E-state index in [0.29, 0.717) is 0 Å². The van der Waals surface area contributed by atoms with Crippen LogP contribution in [0, 0.1) is 0 Å². The van der Waals surface area contributed by atoms with Crippen LogP contribution in [0.4, 0.5) is 5.82 Å². The molecule has 38 valence electrons. The first-order chi connectivity index (χ1) is 3.30. The van der Waals surface area contributed by atoms with Crippen molar-refractivity contribution >= 4 is 5.82 Å². The van der Waals surface area contributed by atoms with E-state index in [1.807, 2.05) is 7.05 Å². The van der Waals surface area contributed by atoms with Crippen LogP contribution in [0.5, 0.6) is 0 Å². The monoisotopic (exact) mass is 98.1 g/mol. The van der Waals surface area contributed by atoms with Gasteiger partial charge < -0.3 is 0 Å². The molecule has 0 bridgehead atoms. The van der Waals surface area contributed by atoms with E-state index in [9.17, 15) is 0 Å². The minimum atomic E-state index is 0.750. The van der Waals surface area contributed by atoms with Crippen molar-refractivity contribution in [3.8, 4) is 0 Å². The molecule has 0 radical (unpaired) electrons. The van der Waals surface area contributed by atoms with Crippen molar-refractivity contribution in [2.24, 2.45) is 7.05 Å². The second kappa shape index (κ2) is 1.26. The largest absolute Gasteiger partial charge is 0.292 e. The molecular weight excluding hydrogens is 90.1 g/mol. The predicted molar refractivity (Wildman–Crippen MR) is 26.4 cm³/mol. The first-order valence-corrected chi connectivity index (χ1v) is 2.09. The SMILES string of the molecule is C[n+]1[nH]ccc1N. The lowest BCUT2D eigenvalue weighted by molar-refractivity contribution is -0.713. The van der Waals surface area contributed by atoms with Gasteiger partial charge in [0.15, 0.2) is 0 Å². The summed E-state index contributed by atoms with van der Waals surface area (Å²) in [5.41, 5.74) is 5.37. The summed E-state index contributed by atoms with van der Waals surface area (Å²) in [7, 11) is 1.86. The molecule has 1 aromatic rings. The summed E-state index contributed by atoms with van der Waals surface area (Å²) in [6.45, 7) is 0. The summed E-state index contributed by atoms with van der Waals surface area (Å²) in [4.78, 5) is 0. The second-order valence-corrected chi connectivity index (χ2v) is 1.45. The Morgan fingerprint density at radius 1 is 1.86 bits per heavy atom. The Morgan fingerprint density at radius 3 is 2.71 bits per heavy atom. The molecule has 3 heteroatoms. The molecule has 0 spiro atoms. The third-order valence-corrected chi connectivity index (χ3v) is 0.910. The van der Waals surface area contributed by atoms with Gasteiger partial charge in [-0.3, -0.25) is 5.73 Å². The fourth-order valence-electron chi connectivity index (χ4n) is 0.421. The van der Waals surface area contributed by atoms with Crippen molar-refractivity contribution in [1.29, 1.82) is 0 Å². The van der Waals surface area contributed by atoms with Crippen LogP contribution in [-0.2, 0) is 7.05 Å². The van der Waals surface area contributed by atoms with E-state index in [1.54, 1.807) is 16.9 Å². The highest BCUT2D eigenvalue weighted by Gasteiger charge is 1.93. The van der Waals surface area contributed by atoms with Crippen LogP contribution in [-0.4, -0.2) is 5.10 Å². The van der Waals surface area contributed by atoms with Crippen molar-refractivity contribution < 1.29 is 4.68 Å². The van der Waals surface area contributed by atoms with Gasteiger partial charge in [-0.1, -0.05) is 0 Å². The molecule has 7 heavy (non-hydrogen) atoms. The van der Waals surface area contributed by atoms with Crippen LogP contribution in [0.25, 0.3) is 0 Å². The minimum absolute atomic E-state index is 0.750. The molecule has 0 saturated carbocycles. The van der Waals surface area contributed by atoms with Gasteiger partial charge in [0.2, 0.25) is 0 Å². The lowest BCUT2D eigenvalue weighted by atomic mass is 10.7. The van der Waals surface area contributed by atoms with Crippen molar-refractivity contribution in [2.45, 2.75) is 0 Å². The second-order valence-electron chi connectivity index (χ2n) is 1.45. The average molecular weight is 98.1 g/mol. The number of nitrogens with one attached hydrogen (secondary N) is 1. The van der Waals surface area contributed by atoms with E-state index in [0.717, 1.165) is 5.82 Å². The van der Waals surface area contributed by atoms with E-state index >= 15 is 0 Å². The number of H-pyrrole nitrogens is 1. The fraction of sp³-hybridized carbons (Fsp3) is 0.250. The maximum absolute atomic E-state index is 5.37. The number of nitrogens with zero attached hydrogens (tertiary/aromatic N) is 1. The van der Waals surface area contributed by atoms with Crippen LogP contribution >= 0.6 is 0 Å². The van der Waals surface area contributed by atoms with Crippen LogP contribution < -0.4 is 10.4 Å². The molecule has 0 atom stereocenters. The normalized spacial score (nSPS) is 9.29. The van der Waals surface area contributed by atoms with Gasteiger partial charge in [-0.15, -0.1) is 0 Å². The highest BCUT2D eigenvalue weighted by atomic mass is 15.3. The number of aryl methyl sites for hydroxylation is 1. The molecule has 1 aromatic heterocycles. The van der Waals surface area contributed by atoms with Gasteiger partial charge in [0.05, 0.1) is 0 Å². The molecule has 1 rings (SSSR count). The summed E-state index contributed by atoms with van der Waals surface area (Å²) < 4.78 is 1.74. The Labute approximate surface area is 41.7 Å². The van der Waals surface area contributed by atoms with E-state index in [1.165, 1.54) is 0 Å². The Bertz CT molecular complexity index is 139. The van der Waals surface area contributed by atoms with Crippen molar-refractivity contribution in [1.82, 2.24) is 5.10 Å². The molecule has 0 aliphatic heterocycles. The first-order valence-electron chi connectivity index (χ1n) is 2.09. The number of aromatic nitrogens is 2. The molecule has 0 unspecified atom stereocenters. The number of aromatic amines is 1. The van der Waals surface area contributed by atoms with Gasteiger partial charge in [-0.2, -0.15) is 4.68 Å². The third kappa shape index (κ3) is 0.559. The topological polar surface area (TPSA) is 45.7 Å². The molecule has 1 heterocycles. The number of hydrogen-bond acceptors (Lipinski definition) is 1. The van der Waals surface area contributed by atoms with Crippen LogP contribution in [0.15, 0.2) is 12.3 Å². The van der Waals surface area contributed by atoms with E-state index in [4.69, 9.17) is 5.73 Å². The minimum Gasteiger partial charge on any atom is -0.285 e. The lowest BCUT2D eigenvalue weighted by Crippen LogP contribution is -2.32. The molecule has 3 N–H and O–H groups in total. The standard InChI is InChI=1S/C4H7N3/c1-7-4(5)2-3-6-7/h2-3H,1H3,(H2,5,6)/p+1. The Hall–Kier alpha value is -0.990. The summed E-state index contributed by atoms with van der Waals surface area (Å²) in [5, 5.41) is 2.86. The predicted octanol–water partition coefficient (Wildman–Crippen LogP) is -0.579. The van der Waals surface area contributed by atoms with E-state index in [2.05, 4.69) is 5.10 Å². The fourth-order valence-corrected chi connectivity index (χ4v) is 0.421. The number of anilines is 1. The lowest BCUT2D eigenvalue weighted by Gasteiger charge is -1.78. The average Bonchev–Trinajstić information content (AvgIpc) is 1.91. The van der Waals surface area contributed by atoms with Crippen molar-refractivity contribution in [3.05, 3.63) is 12.3 Å². The van der Waals surface area contributed by atoms with Gasteiger partial charge in [0.1, 0.15) is 7.05 Å². The highest BCUT2D eigenvalue weighted by Crippen LogP contribution is 1.83. The molecule has 0 amide bonds. The van der Waals surface area contributed by atoms with Gasteiger partial charge >= 0.3 is 0 Å². The van der Waals surface area contributed by atoms with Crippen LogP contribution in [0.3, 0.4) is 0 Å². The summed E-state index contributed by atoms with van der Waals surface area (Å²) in [5.74, 6) is 0.750. The summed E-state index contributed by atoms with van der Waals surface area (Å²) >= 11 is 0. The van der Waals surface area contributed by atoms with Gasteiger partial charge in [-0.25, -0.2) is 5.10 Å². The van der Waals surface area contributed by atoms with Gasteiger partial charge in [-0.05, 0) is 0 Å². The van der Waals surface area contributed by atoms with E-state index in [-0.39, 0.29) is 0 Å². The zero-order valence-corrected chi connectivity index (χ0v) is 4.18. The van der Waals surface area contributed by atoms with Crippen molar-refractivity contribution in [2.75, 3.05) is 5.73 Å². The van der Waals surface area contributed by atoms with Gasteiger partial charge in [0.25, 0.3) is 5.82 Å². The van der Waals surface area contributed by atoms with Crippen LogP contribution in [0.2, 0.25) is 0 Å².